The van der Waals surface area contributed by atoms with Crippen LogP contribution in [0.25, 0.3) is 5.65 Å². The van der Waals surface area contributed by atoms with Crippen molar-refractivity contribution in [2.24, 2.45) is 0 Å². The minimum absolute atomic E-state index is 0.0489. The van der Waals surface area contributed by atoms with E-state index < -0.39 is 9.84 Å². The Morgan fingerprint density at radius 1 is 1.06 bits per heavy atom. The number of piperidine rings is 1. The van der Waals surface area contributed by atoms with Gasteiger partial charge in [-0.1, -0.05) is 6.92 Å². The summed E-state index contributed by atoms with van der Waals surface area (Å²) in [6.07, 6.45) is 13.5. The van der Waals surface area contributed by atoms with Crippen molar-refractivity contribution in [3.05, 3.63) is 60.1 Å². The van der Waals surface area contributed by atoms with E-state index in [0.29, 0.717) is 23.1 Å². The molecule has 0 unspecified atom stereocenters. The summed E-state index contributed by atoms with van der Waals surface area (Å²) in [4.78, 5) is 24.7. The molecule has 0 radical (unpaired) electrons. The number of hydrogen-bond acceptors (Lipinski definition) is 9. The van der Waals surface area contributed by atoms with Crippen LogP contribution < -0.4 is 10.2 Å². The van der Waals surface area contributed by atoms with Gasteiger partial charge in [0.25, 0.3) is 0 Å². The highest BCUT2D eigenvalue weighted by Crippen LogP contribution is 2.31. The summed E-state index contributed by atoms with van der Waals surface area (Å²) in [5, 5.41) is 3.32. The van der Waals surface area contributed by atoms with Gasteiger partial charge >= 0.3 is 0 Å². The van der Waals surface area contributed by atoms with Crippen molar-refractivity contribution < 1.29 is 8.42 Å². The number of nitrogens with one attached hydrogen (secondary N) is 1. The number of imidazole rings is 1. The van der Waals surface area contributed by atoms with Gasteiger partial charge in [-0.05, 0) is 43.9 Å². The Labute approximate surface area is 204 Å². The third-order valence-electron chi connectivity index (χ3n) is 6.45. The maximum Gasteiger partial charge on any atom is 0.225 e. The molecule has 10 nitrogen and oxygen atoms in total. The van der Waals surface area contributed by atoms with Gasteiger partial charge in [-0.15, -0.1) is 0 Å². The van der Waals surface area contributed by atoms with Crippen molar-refractivity contribution in [2.45, 2.75) is 44.1 Å². The maximum absolute atomic E-state index is 11.8. The zero-order chi connectivity index (χ0) is 24.6. The first-order valence-corrected chi connectivity index (χ1v) is 13.5. The highest BCUT2D eigenvalue weighted by atomic mass is 32.2. The first-order valence-electron chi connectivity index (χ1n) is 11.7. The quantitative estimate of drug-likeness (QED) is 0.432. The summed E-state index contributed by atoms with van der Waals surface area (Å²) >= 11 is 0. The van der Waals surface area contributed by atoms with E-state index in [-0.39, 0.29) is 5.03 Å². The Bertz CT molecular complexity index is 1460. The van der Waals surface area contributed by atoms with Crippen LogP contribution in [-0.4, -0.2) is 57.1 Å². The summed E-state index contributed by atoms with van der Waals surface area (Å²) in [5.41, 5.74) is 4.27. The lowest BCUT2D eigenvalue weighted by Gasteiger charge is -2.31. The number of aryl methyl sites for hydroxylation is 2. The van der Waals surface area contributed by atoms with Gasteiger partial charge in [0.15, 0.2) is 26.3 Å². The van der Waals surface area contributed by atoms with Crippen molar-refractivity contribution in [3.8, 4) is 0 Å². The van der Waals surface area contributed by atoms with E-state index in [2.05, 4.69) is 46.5 Å². The largest absolute Gasteiger partial charge is 0.341 e. The normalized spacial score (nSPS) is 15.0. The molecule has 5 rings (SSSR count). The second kappa shape index (κ2) is 9.21. The van der Waals surface area contributed by atoms with Gasteiger partial charge in [-0.3, -0.25) is 4.40 Å². The molecular weight excluding hydrogens is 464 g/mol. The number of nitrogens with zero attached hydrogens (tertiary/aromatic N) is 7. The number of pyridine rings is 1. The Morgan fingerprint density at radius 3 is 2.46 bits per heavy atom. The number of hydrogen-bond donors (Lipinski definition) is 1. The van der Waals surface area contributed by atoms with Crippen molar-refractivity contribution in [1.82, 2.24) is 29.3 Å². The molecule has 0 saturated carbocycles. The smallest absolute Gasteiger partial charge is 0.225 e. The standard InChI is InChI=1S/C24H28N8O2S/c1-4-17-13-27-24(28-14-17)31-10-7-18(8-11-31)20-15-26-23-22(25-9-12-32(20)23)30-19-5-6-21(29-16(19)2)35(3,33)34/h5-6,9,12-15,18H,4,7-8,10-11H2,1-3H3,(H,25,30). The lowest BCUT2D eigenvalue weighted by Crippen LogP contribution is -2.34. The lowest BCUT2D eigenvalue weighted by atomic mass is 9.94. The number of rotatable bonds is 6. The third-order valence-corrected chi connectivity index (χ3v) is 7.43. The van der Waals surface area contributed by atoms with Crippen LogP contribution in [0.15, 0.2) is 48.1 Å². The average molecular weight is 493 g/mol. The van der Waals surface area contributed by atoms with Gasteiger partial charge in [0.2, 0.25) is 5.95 Å². The Kier molecular flexibility index (Phi) is 6.10. The van der Waals surface area contributed by atoms with Crippen LogP contribution in [0.1, 0.15) is 42.6 Å². The van der Waals surface area contributed by atoms with Gasteiger partial charge < -0.3 is 10.2 Å². The van der Waals surface area contributed by atoms with E-state index in [1.165, 1.54) is 6.07 Å². The van der Waals surface area contributed by atoms with E-state index in [0.717, 1.165) is 61.5 Å². The third kappa shape index (κ3) is 4.68. The fourth-order valence-corrected chi connectivity index (χ4v) is 5.02. The Hall–Kier alpha value is -3.60. The van der Waals surface area contributed by atoms with Gasteiger partial charge in [-0.25, -0.2) is 33.3 Å². The van der Waals surface area contributed by atoms with Crippen LogP contribution in [0.3, 0.4) is 0 Å². The fraction of sp³-hybridized carbons (Fsp3) is 0.375. The van der Waals surface area contributed by atoms with Crippen LogP contribution in [0.4, 0.5) is 17.5 Å². The minimum atomic E-state index is -3.37. The van der Waals surface area contributed by atoms with E-state index in [9.17, 15) is 8.42 Å². The van der Waals surface area contributed by atoms with E-state index in [1.54, 1.807) is 19.2 Å². The van der Waals surface area contributed by atoms with Crippen LogP contribution in [0.2, 0.25) is 0 Å². The van der Waals surface area contributed by atoms with Gasteiger partial charge in [-0.2, -0.15) is 0 Å². The molecule has 0 atom stereocenters. The lowest BCUT2D eigenvalue weighted by molar-refractivity contribution is 0.488. The van der Waals surface area contributed by atoms with Crippen LogP contribution >= 0.6 is 0 Å². The molecule has 11 heteroatoms. The van der Waals surface area contributed by atoms with E-state index >= 15 is 0 Å². The number of anilines is 3. The fourth-order valence-electron chi connectivity index (χ4n) is 4.40. The highest BCUT2D eigenvalue weighted by Gasteiger charge is 2.25. The molecule has 0 spiro atoms. The molecule has 35 heavy (non-hydrogen) atoms. The van der Waals surface area contributed by atoms with E-state index in [1.807, 2.05) is 24.8 Å². The molecule has 1 fully saturated rings. The molecule has 0 bridgehead atoms. The molecule has 182 valence electrons. The maximum atomic E-state index is 11.8. The van der Waals surface area contributed by atoms with Crippen molar-refractivity contribution >= 4 is 32.9 Å². The molecule has 5 heterocycles. The van der Waals surface area contributed by atoms with Crippen molar-refractivity contribution in [1.29, 1.82) is 0 Å². The second-order valence-corrected chi connectivity index (χ2v) is 10.8. The first kappa shape index (κ1) is 23.2. The molecule has 1 N–H and O–H groups in total. The van der Waals surface area contributed by atoms with Crippen LogP contribution in [-0.2, 0) is 16.3 Å². The second-order valence-electron chi connectivity index (χ2n) is 8.84. The van der Waals surface area contributed by atoms with Gasteiger partial charge in [0.1, 0.15) is 0 Å². The molecule has 1 aliphatic rings. The summed E-state index contributed by atoms with van der Waals surface area (Å²) < 4.78 is 25.7. The molecule has 4 aromatic heterocycles. The molecule has 0 amide bonds. The SMILES string of the molecule is CCc1cnc(N2CCC(c3cnc4c(Nc5ccc(S(C)(=O)=O)nc5C)nccn34)CC2)nc1. The van der Waals surface area contributed by atoms with Crippen LogP contribution in [0, 0.1) is 6.92 Å². The van der Waals surface area contributed by atoms with Gasteiger partial charge in [0.05, 0.1) is 11.4 Å². The zero-order valence-corrected chi connectivity index (χ0v) is 20.8. The summed E-state index contributed by atoms with van der Waals surface area (Å²) in [5.74, 6) is 1.75. The summed E-state index contributed by atoms with van der Waals surface area (Å²) in [6.45, 7) is 5.64. The molecule has 0 aromatic carbocycles. The Morgan fingerprint density at radius 2 is 1.80 bits per heavy atom. The van der Waals surface area contributed by atoms with Crippen molar-refractivity contribution in [3.63, 3.8) is 0 Å². The topological polar surface area (TPSA) is 118 Å². The van der Waals surface area contributed by atoms with Gasteiger partial charge in [0, 0.05) is 61.9 Å². The van der Waals surface area contributed by atoms with Crippen molar-refractivity contribution in [2.75, 3.05) is 29.6 Å². The molecule has 4 aromatic rings. The zero-order valence-electron chi connectivity index (χ0n) is 20.0. The highest BCUT2D eigenvalue weighted by molar-refractivity contribution is 7.90. The number of sulfone groups is 1. The average Bonchev–Trinajstić information content (AvgIpc) is 3.30. The predicted molar refractivity (Wildman–Crippen MR) is 134 cm³/mol. The van der Waals surface area contributed by atoms with Crippen LogP contribution in [0.5, 0.6) is 0 Å². The first-order chi connectivity index (χ1) is 16.8. The molecule has 0 aliphatic carbocycles. The number of aromatic nitrogens is 6. The number of fused-ring (bicyclic) bond motifs is 1. The predicted octanol–water partition coefficient (Wildman–Crippen LogP) is 3.32. The Balaban J connectivity index is 1.34. The summed E-state index contributed by atoms with van der Waals surface area (Å²) in [7, 11) is -3.37. The van der Waals surface area contributed by atoms with E-state index in [4.69, 9.17) is 0 Å². The summed E-state index contributed by atoms with van der Waals surface area (Å²) in [6, 6.07) is 3.20. The molecule has 1 aliphatic heterocycles. The monoisotopic (exact) mass is 492 g/mol. The molecule has 1 saturated heterocycles. The molecular formula is C24H28N8O2S. The minimum Gasteiger partial charge on any atom is -0.341 e.